The Labute approximate surface area is 138 Å². The van der Waals surface area contributed by atoms with Crippen molar-refractivity contribution in [3.05, 3.63) is 35.0 Å². The van der Waals surface area contributed by atoms with Crippen LogP contribution >= 0.6 is 11.6 Å². The predicted molar refractivity (Wildman–Crippen MR) is 87.0 cm³/mol. The van der Waals surface area contributed by atoms with Gasteiger partial charge in [0.05, 0.1) is 16.9 Å². The average molecular weight is 340 g/mol. The zero-order chi connectivity index (χ0) is 16.4. The fourth-order valence-corrected chi connectivity index (χ4v) is 3.11. The van der Waals surface area contributed by atoms with Gasteiger partial charge in [0.1, 0.15) is 11.5 Å². The molecule has 124 valence electrons. The minimum Gasteiger partial charge on any atom is -0.384 e. The molecule has 0 aromatic carbocycles. The number of rotatable bonds is 3. The van der Waals surface area contributed by atoms with Crippen LogP contribution in [0.5, 0.6) is 0 Å². The van der Waals surface area contributed by atoms with Gasteiger partial charge in [0.25, 0.3) is 0 Å². The molecule has 0 radical (unpaired) electrons. The van der Waals surface area contributed by atoms with Gasteiger partial charge in [-0.15, -0.1) is 0 Å². The highest BCUT2D eigenvalue weighted by Crippen LogP contribution is 2.29. The zero-order valence-corrected chi connectivity index (χ0v) is 13.3. The number of halogens is 2. The Kier molecular flexibility index (Phi) is 4.52. The number of aliphatic imine (C=N–C) groups is 1. The molecule has 0 bridgehead atoms. The lowest BCUT2D eigenvalue weighted by Crippen LogP contribution is -2.63. The highest BCUT2D eigenvalue weighted by Gasteiger charge is 2.36. The average Bonchev–Trinajstić information content (AvgIpc) is 2.53. The number of aromatic nitrogens is 1. The van der Waals surface area contributed by atoms with E-state index >= 15 is 0 Å². The predicted octanol–water partition coefficient (Wildman–Crippen LogP) is 1.60. The van der Waals surface area contributed by atoms with Crippen LogP contribution < -0.4 is 16.8 Å². The van der Waals surface area contributed by atoms with Crippen molar-refractivity contribution in [3.63, 3.8) is 0 Å². The number of nitrogens with one attached hydrogen (secondary N) is 1. The molecule has 0 spiro atoms. The number of hydrogen-bond donors (Lipinski definition) is 3. The topological polar surface area (TPSA) is 98.5 Å². The Morgan fingerprint density at radius 2 is 2.17 bits per heavy atom. The summed E-state index contributed by atoms with van der Waals surface area (Å²) < 4.78 is 18.8. The molecule has 0 saturated carbocycles. The van der Waals surface area contributed by atoms with Crippen molar-refractivity contribution in [2.24, 2.45) is 22.4 Å². The Morgan fingerprint density at radius 3 is 2.91 bits per heavy atom. The van der Waals surface area contributed by atoms with Gasteiger partial charge in [-0.25, -0.2) is 9.98 Å². The van der Waals surface area contributed by atoms with Gasteiger partial charge in [0.2, 0.25) is 5.95 Å². The molecule has 1 saturated heterocycles. The summed E-state index contributed by atoms with van der Waals surface area (Å²) in [7, 11) is 0. The van der Waals surface area contributed by atoms with E-state index in [0.29, 0.717) is 34.5 Å². The van der Waals surface area contributed by atoms with Gasteiger partial charge in [0, 0.05) is 31.0 Å². The first-order valence-corrected chi connectivity index (χ1v) is 7.86. The Hall–Kier alpha value is -1.70. The molecular weight excluding hydrogens is 321 g/mol. The second kappa shape index (κ2) is 6.43. The van der Waals surface area contributed by atoms with E-state index in [4.69, 9.17) is 27.8 Å². The lowest BCUT2D eigenvalue weighted by Gasteiger charge is -2.38. The Balaban J connectivity index is 1.83. The molecule has 1 unspecified atom stereocenters. The molecule has 0 aliphatic carbocycles. The van der Waals surface area contributed by atoms with E-state index in [2.05, 4.69) is 15.3 Å². The number of hydrogen-bond acceptors (Lipinski definition) is 6. The molecule has 6 nitrogen and oxygen atoms in total. The summed E-state index contributed by atoms with van der Waals surface area (Å²) in [4.78, 5) is 7.71. The van der Waals surface area contributed by atoms with Crippen LogP contribution in [0, 0.1) is 11.9 Å². The van der Waals surface area contributed by atoms with Gasteiger partial charge in [-0.3, -0.25) is 0 Å². The van der Waals surface area contributed by atoms with E-state index in [-0.39, 0.29) is 0 Å². The van der Waals surface area contributed by atoms with Crippen LogP contribution in [0.25, 0.3) is 5.70 Å². The summed E-state index contributed by atoms with van der Waals surface area (Å²) in [6.45, 7) is 1.45. The Morgan fingerprint density at radius 1 is 1.43 bits per heavy atom. The summed E-state index contributed by atoms with van der Waals surface area (Å²) in [5.74, 6) is 0.0686. The third-order valence-electron chi connectivity index (χ3n) is 4.21. The largest absolute Gasteiger partial charge is 0.384 e. The van der Waals surface area contributed by atoms with E-state index < -0.39 is 11.6 Å². The molecule has 1 atom stereocenters. The maximum absolute atomic E-state index is 13.4. The van der Waals surface area contributed by atoms with Crippen molar-refractivity contribution in [2.75, 3.05) is 13.2 Å². The second-order valence-electron chi connectivity index (χ2n) is 5.90. The van der Waals surface area contributed by atoms with Crippen molar-refractivity contribution in [1.29, 1.82) is 0 Å². The van der Waals surface area contributed by atoms with Crippen molar-refractivity contribution in [2.45, 2.75) is 24.9 Å². The van der Waals surface area contributed by atoms with Crippen LogP contribution in [0.3, 0.4) is 0 Å². The molecule has 2 aliphatic rings. The standard InChI is InChI=1S/C15H19ClFN5O/c16-11-7-20-13(17)5-10(11)12-8-21-14(18)15(19,22-12)6-9-1-3-23-4-2-9/h5,7-9,22H,1-4,6,19H2,(H2,18,21). The van der Waals surface area contributed by atoms with Crippen LogP contribution in [0.4, 0.5) is 4.39 Å². The summed E-state index contributed by atoms with van der Waals surface area (Å²) in [6, 6.07) is 1.24. The molecule has 1 aromatic rings. The van der Waals surface area contributed by atoms with E-state index in [1.54, 1.807) is 0 Å². The molecule has 23 heavy (non-hydrogen) atoms. The van der Waals surface area contributed by atoms with Gasteiger partial charge < -0.3 is 21.5 Å². The van der Waals surface area contributed by atoms with Crippen molar-refractivity contribution >= 4 is 23.1 Å². The van der Waals surface area contributed by atoms with Gasteiger partial charge in [-0.1, -0.05) is 11.6 Å². The third kappa shape index (κ3) is 3.46. The first kappa shape index (κ1) is 16.2. The number of amidine groups is 1. The summed E-state index contributed by atoms with van der Waals surface area (Å²) in [5, 5.41) is 3.49. The SMILES string of the molecule is NC1=NC=C(c2cc(F)ncc2Cl)NC1(N)CC1CCOCC1. The van der Waals surface area contributed by atoms with Crippen molar-refractivity contribution in [1.82, 2.24) is 10.3 Å². The van der Waals surface area contributed by atoms with Crippen molar-refractivity contribution < 1.29 is 9.13 Å². The zero-order valence-electron chi connectivity index (χ0n) is 12.6. The fraction of sp³-hybridized carbons (Fsp3) is 0.467. The summed E-state index contributed by atoms with van der Waals surface area (Å²) in [5.41, 5.74) is 12.4. The molecule has 2 aliphatic heterocycles. The molecule has 3 heterocycles. The van der Waals surface area contributed by atoms with Crippen LogP contribution in [-0.4, -0.2) is 29.7 Å². The molecule has 1 aromatic heterocycles. The van der Waals surface area contributed by atoms with Crippen LogP contribution in [0.2, 0.25) is 5.02 Å². The first-order chi connectivity index (χ1) is 11.0. The normalized spacial score (nSPS) is 25.5. The number of nitrogens with zero attached hydrogens (tertiary/aromatic N) is 2. The number of nitrogens with two attached hydrogens (primary N) is 2. The molecular formula is C15H19ClFN5O. The summed E-state index contributed by atoms with van der Waals surface area (Å²) >= 11 is 6.10. The third-order valence-corrected chi connectivity index (χ3v) is 4.51. The first-order valence-electron chi connectivity index (χ1n) is 7.48. The highest BCUT2D eigenvalue weighted by atomic mass is 35.5. The van der Waals surface area contributed by atoms with E-state index in [0.717, 1.165) is 26.1 Å². The number of ether oxygens (including phenoxy) is 1. The minimum atomic E-state index is -0.991. The lowest BCUT2D eigenvalue weighted by molar-refractivity contribution is 0.0588. The second-order valence-corrected chi connectivity index (χ2v) is 6.31. The maximum atomic E-state index is 13.4. The smallest absolute Gasteiger partial charge is 0.213 e. The fourth-order valence-electron chi connectivity index (χ4n) is 2.90. The summed E-state index contributed by atoms with van der Waals surface area (Å²) in [6.07, 6.45) is 5.24. The number of pyridine rings is 1. The molecule has 3 rings (SSSR count). The molecule has 5 N–H and O–H groups in total. The lowest BCUT2D eigenvalue weighted by atomic mass is 9.87. The maximum Gasteiger partial charge on any atom is 0.213 e. The van der Waals surface area contributed by atoms with Gasteiger partial charge in [-0.05, 0) is 25.2 Å². The van der Waals surface area contributed by atoms with Gasteiger partial charge in [0.15, 0.2) is 0 Å². The minimum absolute atomic E-state index is 0.304. The van der Waals surface area contributed by atoms with E-state index in [9.17, 15) is 4.39 Å². The van der Waals surface area contributed by atoms with Crippen LogP contribution in [0.1, 0.15) is 24.8 Å². The van der Waals surface area contributed by atoms with Crippen LogP contribution in [-0.2, 0) is 4.74 Å². The quantitative estimate of drug-likeness (QED) is 0.727. The Bertz CT molecular complexity index is 659. The monoisotopic (exact) mass is 339 g/mol. The van der Waals surface area contributed by atoms with E-state index in [1.807, 2.05) is 0 Å². The molecule has 0 amide bonds. The van der Waals surface area contributed by atoms with Crippen LogP contribution in [0.15, 0.2) is 23.5 Å². The van der Waals surface area contributed by atoms with Crippen molar-refractivity contribution in [3.8, 4) is 0 Å². The molecule has 1 fully saturated rings. The van der Waals surface area contributed by atoms with Gasteiger partial charge >= 0.3 is 0 Å². The van der Waals surface area contributed by atoms with Gasteiger partial charge in [-0.2, -0.15) is 4.39 Å². The molecule has 8 heteroatoms. The van der Waals surface area contributed by atoms with E-state index in [1.165, 1.54) is 18.5 Å². The highest BCUT2D eigenvalue weighted by molar-refractivity contribution is 6.32.